The van der Waals surface area contributed by atoms with Crippen molar-refractivity contribution in [1.29, 1.82) is 0 Å². The summed E-state index contributed by atoms with van der Waals surface area (Å²) < 4.78 is 5.08. The summed E-state index contributed by atoms with van der Waals surface area (Å²) in [5.74, 6) is 0.464. The molecule has 138 valence electrons. The number of amides is 2. The minimum atomic E-state index is -0.146. The molecule has 3 N–H and O–H groups in total. The third-order valence-corrected chi connectivity index (χ3v) is 3.94. The molecular weight excluding hydrogens is 330 g/mol. The fourth-order valence-corrected chi connectivity index (χ4v) is 2.52. The molecule has 2 aromatic carbocycles. The number of hydrogen-bond donors (Lipinski definition) is 3. The predicted molar refractivity (Wildman–Crippen MR) is 103 cm³/mol. The SMILES string of the molecule is CCc1ccc(NC(=O)C[NH+](C)CC(=O)Nc2ccc(OC)cc2)cc1. The predicted octanol–water partition coefficient (Wildman–Crippen LogP) is 1.35. The maximum Gasteiger partial charge on any atom is 0.279 e. The van der Waals surface area contributed by atoms with Gasteiger partial charge in [0, 0.05) is 11.4 Å². The van der Waals surface area contributed by atoms with Gasteiger partial charge in [-0.2, -0.15) is 0 Å². The van der Waals surface area contributed by atoms with Crippen LogP contribution in [0.4, 0.5) is 11.4 Å². The van der Waals surface area contributed by atoms with Crippen LogP contribution in [-0.4, -0.2) is 39.1 Å². The molecule has 1 atom stereocenters. The van der Waals surface area contributed by atoms with Crippen molar-refractivity contribution in [3.05, 3.63) is 54.1 Å². The number of rotatable bonds is 8. The molecule has 0 aliphatic heterocycles. The lowest BCUT2D eigenvalue weighted by Gasteiger charge is -2.14. The third-order valence-electron chi connectivity index (χ3n) is 3.94. The van der Waals surface area contributed by atoms with E-state index in [1.807, 2.05) is 31.3 Å². The molecule has 6 nitrogen and oxygen atoms in total. The van der Waals surface area contributed by atoms with Crippen molar-refractivity contribution < 1.29 is 19.2 Å². The highest BCUT2D eigenvalue weighted by Gasteiger charge is 2.14. The average Bonchev–Trinajstić information content (AvgIpc) is 2.62. The molecule has 6 heteroatoms. The van der Waals surface area contributed by atoms with Gasteiger partial charge in [0.2, 0.25) is 0 Å². The summed E-state index contributed by atoms with van der Waals surface area (Å²) in [5, 5.41) is 5.67. The molecule has 2 rings (SSSR count). The first-order chi connectivity index (χ1) is 12.5. The smallest absolute Gasteiger partial charge is 0.279 e. The number of ether oxygens (including phenoxy) is 1. The molecule has 26 heavy (non-hydrogen) atoms. The zero-order valence-electron chi connectivity index (χ0n) is 15.5. The molecule has 0 saturated heterocycles. The lowest BCUT2D eigenvalue weighted by atomic mass is 10.1. The van der Waals surface area contributed by atoms with Crippen LogP contribution in [0.3, 0.4) is 0 Å². The summed E-state index contributed by atoms with van der Waals surface area (Å²) in [6.45, 7) is 2.50. The van der Waals surface area contributed by atoms with Gasteiger partial charge in [0.1, 0.15) is 5.75 Å². The molecule has 0 radical (unpaired) electrons. The lowest BCUT2D eigenvalue weighted by molar-refractivity contribution is -0.862. The molecule has 0 heterocycles. The minimum Gasteiger partial charge on any atom is -0.497 e. The first-order valence-corrected chi connectivity index (χ1v) is 8.64. The largest absolute Gasteiger partial charge is 0.497 e. The molecule has 2 aromatic rings. The van der Waals surface area contributed by atoms with Crippen molar-refractivity contribution in [3.8, 4) is 5.75 Å². The Balaban J connectivity index is 1.77. The highest BCUT2D eigenvalue weighted by Crippen LogP contribution is 2.14. The van der Waals surface area contributed by atoms with Crippen LogP contribution in [0.5, 0.6) is 5.75 Å². The Bertz CT molecular complexity index is 663. The van der Waals surface area contributed by atoms with E-state index < -0.39 is 0 Å². The number of benzene rings is 2. The van der Waals surface area contributed by atoms with Gasteiger partial charge < -0.3 is 20.3 Å². The van der Waals surface area contributed by atoms with E-state index in [-0.39, 0.29) is 24.9 Å². The van der Waals surface area contributed by atoms with Crippen molar-refractivity contribution >= 4 is 23.2 Å². The zero-order valence-corrected chi connectivity index (χ0v) is 15.5. The number of carbonyl (C=O) groups excluding carboxylic acids is 2. The monoisotopic (exact) mass is 356 g/mol. The van der Waals surface area contributed by atoms with E-state index in [0.29, 0.717) is 5.69 Å². The molecule has 0 aliphatic rings. The fraction of sp³-hybridized carbons (Fsp3) is 0.300. The summed E-state index contributed by atoms with van der Waals surface area (Å²) in [7, 11) is 3.41. The second-order valence-electron chi connectivity index (χ2n) is 6.19. The van der Waals surface area contributed by atoms with Gasteiger partial charge in [-0.15, -0.1) is 0 Å². The quantitative estimate of drug-likeness (QED) is 0.669. The Morgan fingerprint density at radius 3 is 1.77 bits per heavy atom. The van der Waals surface area contributed by atoms with Gasteiger partial charge >= 0.3 is 0 Å². The summed E-state index contributed by atoms with van der Waals surface area (Å²) in [4.78, 5) is 25.0. The number of carbonyl (C=O) groups is 2. The van der Waals surface area contributed by atoms with Crippen molar-refractivity contribution in [2.45, 2.75) is 13.3 Å². The number of aryl methyl sites for hydroxylation is 1. The lowest BCUT2D eigenvalue weighted by Crippen LogP contribution is -3.11. The normalized spacial score (nSPS) is 11.5. The molecule has 0 aromatic heterocycles. The van der Waals surface area contributed by atoms with E-state index in [4.69, 9.17) is 4.74 Å². The van der Waals surface area contributed by atoms with Crippen molar-refractivity contribution in [2.24, 2.45) is 0 Å². The van der Waals surface area contributed by atoms with E-state index >= 15 is 0 Å². The summed E-state index contributed by atoms with van der Waals surface area (Å²) in [5.41, 5.74) is 2.69. The van der Waals surface area contributed by atoms with Crippen LogP contribution >= 0.6 is 0 Å². The van der Waals surface area contributed by atoms with Crippen molar-refractivity contribution in [3.63, 3.8) is 0 Å². The number of nitrogens with one attached hydrogen (secondary N) is 3. The number of hydrogen-bond acceptors (Lipinski definition) is 3. The van der Waals surface area contributed by atoms with E-state index in [1.165, 1.54) is 5.56 Å². The van der Waals surface area contributed by atoms with Gasteiger partial charge in [-0.25, -0.2) is 0 Å². The second-order valence-corrected chi connectivity index (χ2v) is 6.19. The van der Waals surface area contributed by atoms with E-state index in [0.717, 1.165) is 22.8 Å². The van der Waals surface area contributed by atoms with Crippen LogP contribution in [0.25, 0.3) is 0 Å². The van der Waals surface area contributed by atoms with Gasteiger partial charge in [0.25, 0.3) is 11.8 Å². The first-order valence-electron chi connectivity index (χ1n) is 8.64. The van der Waals surface area contributed by atoms with E-state index in [2.05, 4.69) is 17.6 Å². The molecule has 0 saturated carbocycles. The number of quaternary nitrogens is 1. The van der Waals surface area contributed by atoms with E-state index in [9.17, 15) is 9.59 Å². The number of likely N-dealkylation sites (N-methyl/N-ethyl adjacent to an activating group) is 1. The van der Waals surface area contributed by atoms with Crippen LogP contribution in [0.15, 0.2) is 48.5 Å². The third kappa shape index (κ3) is 6.22. The number of anilines is 2. The van der Waals surface area contributed by atoms with Gasteiger partial charge in [0.15, 0.2) is 13.1 Å². The molecule has 1 unspecified atom stereocenters. The molecule has 2 amide bonds. The Kier molecular flexibility index (Phi) is 7.17. The van der Waals surface area contributed by atoms with Crippen LogP contribution in [0.2, 0.25) is 0 Å². The van der Waals surface area contributed by atoms with Gasteiger partial charge in [-0.05, 0) is 48.4 Å². The second kappa shape index (κ2) is 9.58. The standard InChI is InChI=1S/C20H25N3O3/c1-4-15-5-7-16(8-6-15)21-19(24)13-23(2)14-20(25)22-17-9-11-18(26-3)12-10-17/h5-12H,4,13-14H2,1-3H3,(H,21,24)(H,22,25)/p+1. The van der Waals surface area contributed by atoms with Gasteiger partial charge in [-0.1, -0.05) is 19.1 Å². The Hall–Kier alpha value is -2.86. The Morgan fingerprint density at radius 1 is 0.885 bits per heavy atom. The molecule has 0 bridgehead atoms. The number of methoxy groups -OCH3 is 1. The average molecular weight is 356 g/mol. The van der Waals surface area contributed by atoms with Gasteiger partial charge in [-0.3, -0.25) is 9.59 Å². The van der Waals surface area contributed by atoms with Crippen LogP contribution in [0.1, 0.15) is 12.5 Å². The van der Waals surface area contributed by atoms with Crippen molar-refractivity contribution in [1.82, 2.24) is 0 Å². The highest BCUT2D eigenvalue weighted by molar-refractivity contribution is 5.93. The molecule has 0 spiro atoms. The zero-order chi connectivity index (χ0) is 18.9. The first kappa shape index (κ1) is 19.5. The Morgan fingerprint density at radius 2 is 1.35 bits per heavy atom. The fourth-order valence-electron chi connectivity index (χ4n) is 2.52. The molecule has 0 fully saturated rings. The minimum absolute atomic E-state index is 0.121. The van der Waals surface area contributed by atoms with Crippen LogP contribution in [0, 0.1) is 0 Å². The topological polar surface area (TPSA) is 71.9 Å². The maximum atomic E-state index is 12.1. The highest BCUT2D eigenvalue weighted by atomic mass is 16.5. The summed E-state index contributed by atoms with van der Waals surface area (Å²) in [6.07, 6.45) is 0.963. The molecule has 0 aliphatic carbocycles. The molecular formula is C20H26N3O3+. The maximum absolute atomic E-state index is 12.1. The summed E-state index contributed by atoms with van der Waals surface area (Å²) >= 11 is 0. The Labute approximate surface area is 154 Å². The van der Waals surface area contributed by atoms with Gasteiger partial charge in [0.05, 0.1) is 14.2 Å². The van der Waals surface area contributed by atoms with Crippen molar-refractivity contribution in [2.75, 3.05) is 37.9 Å². The van der Waals surface area contributed by atoms with Crippen LogP contribution in [-0.2, 0) is 16.0 Å². The van der Waals surface area contributed by atoms with E-state index in [1.54, 1.807) is 31.4 Å². The van der Waals surface area contributed by atoms with Crippen LogP contribution < -0.4 is 20.3 Å². The summed E-state index contributed by atoms with van der Waals surface area (Å²) in [6, 6.07) is 14.9.